The van der Waals surface area contributed by atoms with E-state index in [2.05, 4.69) is 14.5 Å². The molecule has 1 aromatic rings. The van der Waals surface area contributed by atoms with Crippen molar-refractivity contribution in [3.8, 4) is 0 Å². The van der Waals surface area contributed by atoms with Crippen LogP contribution in [-0.2, 0) is 37.2 Å². The van der Waals surface area contributed by atoms with Gasteiger partial charge in [0.2, 0.25) is 9.84 Å². The van der Waals surface area contributed by atoms with Gasteiger partial charge in [0, 0.05) is 6.26 Å². The number of nitrogens with zero attached hydrogens (tertiary/aromatic N) is 1. The molecule has 13 heteroatoms. The normalized spacial score (nSPS) is 12.8. The fraction of sp³-hybridized carbons (Fsp3) is 0.562. The van der Waals surface area contributed by atoms with Crippen LogP contribution in [0.15, 0.2) is 0 Å². The van der Waals surface area contributed by atoms with Gasteiger partial charge in [-0.2, -0.15) is 22.0 Å². The van der Waals surface area contributed by atoms with Crippen molar-refractivity contribution < 1.29 is 49.4 Å². The van der Waals surface area contributed by atoms with Crippen LogP contribution in [0.4, 0.5) is 22.0 Å². The first-order chi connectivity index (χ1) is 13.0. The first-order valence-corrected chi connectivity index (χ1v) is 9.78. The van der Waals surface area contributed by atoms with Crippen molar-refractivity contribution in [1.82, 2.24) is 4.98 Å². The number of pyridine rings is 1. The van der Waals surface area contributed by atoms with Gasteiger partial charge in [0.05, 0.1) is 25.3 Å². The average Bonchev–Trinajstić information content (AvgIpc) is 2.56. The third-order valence-electron chi connectivity index (χ3n) is 3.70. The zero-order valence-electron chi connectivity index (χ0n) is 16.0. The number of aromatic nitrogens is 1. The van der Waals surface area contributed by atoms with E-state index in [0.29, 0.717) is 0 Å². The Morgan fingerprint density at radius 2 is 1.38 bits per heavy atom. The molecule has 0 aromatic carbocycles. The molecule has 0 saturated carbocycles. The Balaban J connectivity index is 4.36. The number of carbonyl (C=O) groups excluding carboxylic acids is 2. The van der Waals surface area contributed by atoms with Crippen LogP contribution in [0.2, 0.25) is 0 Å². The Morgan fingerprint density at radius 3 is 1.69 bits per heavy atom. The first-order valence-electron chi connectivity index (χ1n) is 7.89. The quantitative estimate of drug-likeness (QED) is 0.488. The van der Waals surface area contributed by atoms with Gasteiger partial charge in [-0.05, 0) is 17.9 Å². The highest BCUT2D eigenvalue weighted by molar-refractivity contribution is 7.91. The number of esters is 2. The molecule has 164 valence electrons. The van der Waals surface area contributed by atoms with Crippen molar-refractivity contribution in [3.05, 3.63) is 28.1 Å². The van der Waals surface area contributed by atoms with Crippen molar-refractivity contribution in [2.24, 2.45) is 5.92 Å². The third kappa shape index (κ3) is 4.82. The fourth-order valence-electron chi connectivity index (χ4n) is 2.48. The number of methoxy groups -OCH3 is 2. The monoisotopic (exact) mass is 447 g/mol. The lowest BCUT2D eigenvalue weighted by molar-refractivity contribution is -0.142. The topological polar surface area (TPSA) is 99.6 Å². The van der Waals surface area contributed by atoms with Gasteiger partial charge in [-0.25, -0.2) is 23.0 Å². The second-order valence-corrected chi connectivity index (χ2v) is 8.46. The SMILES string of the molecule is COC(=O)c1c(C(F)(F)F)nc(C(F)(F)S(C)(=O)=O)c(C(=O)OC)c1CC(C)C. The molecule has 0 radical (unpaired) electrons. The Morgan fingerprint density at radius 1 is 0.966 bits per heavy atom. The zero-order valence-corrected chi connectivity index (χ0v) is 16.8. The summed E-state index contributed by atoms with van der Waals surface area (Å²) >= 11 is 0. The number of rotatable bonds is 6. The van der Waals surface area contributed by atoms with E-state index < -0.39 is 73.6 Å². The minimum atomic E-state index is -5.44. The lowest BCUT2D eigenvalue weighted by Gasteiger charge is -2.24. The summed E-state index contributed by atoms with van der Waals surface area (Å²) in [7, 11) is -3.86. The summed E-state index contributed by atoms with van der Waals surface area (Å²) in [6.07, 6.45) is -5.85. The van der Waals surface area contributed by atoms with Crippen molar-refractivity contribution in [2.45, 2.75) is 31.7 Å². The number of hydrogen-bond acceptors (Lipinski definition) is 7. The smallest absolute Gasteiger partial charge is 0.434 e. The minimum Gasteiger partial charge on any atom is -0.465 e. The molecule has 0 spiro atoms. The van der Waals surface area contributed by atoms with Crippen LogP contribution in [0, 0.1) is 5.92 Å². The van der Waals surface area contributed by atoms with E-state index in [1.54, 1.807) is 0 Å². The van der Waals surface area contributed by atoms with Gasteiger partial charge < -0.3 is 9.47 Å². The van der Waals surface area contributed by atoms with Crippen molar-refractivity contribution in [3.63, 3.8) is 0 Å². The van der Waals surface area contributed by atoms with Crippen LogP contribution < -0.4 is 0 Å². The molecule has 0 aliphatic heterocycles. The standard InChI is InChI=1S/C16H18F5NO6S/c1-7(2)6-8-9(13(23)27-3)11(15(17,18)19)22-12(10(8)14(24)28-4)16(20,21)29(5,25)26/h7H,6H2,1-5H3. The maximum absolute atomic E-state index is 14.6. The molecule has 0 aliphatic carbocycles. The number of sulfone groups is 1. The van der Waals surface area contributed by atoms with E-state index in [1.807, 2.05) is 0 Å². The molecule has 0 bridgehead atoms. The molecule has 0 N–H and O–H groups in total. The highest BCUT2D eigenvalue weighted by Gasteiger charge is 2.52. The van der Waals surface area contributed by atoms with Crippen LogP contribution in [0.5, 0.6) is 0 Å². The molecule has 29 heavy (non-hydrogen) atoms. The third-order valence-corrected chi connectivity index (χ3v) is 4.83. The van der Waals surface area contributed by atoms with Crippen molar-refractivity contribution in [1.29, 1.82) is 0 Å². The molecule has 1 heterocycles. The van der Waals surface area contributed by atoms with Gasteiger partial charge >= 0.3 is 23.4 Å². The number of alkyl halides is 5. The zero-order chi connectivity index (χ0) is 22.9. The highest BCUT2D eigenvalue weighted by atomic mass is 32.2. The predicted octanol–water partition coefficient (Wildman–Crippen LogP) is 2.97. The summed E-state index contributed by atoms with van der Waals surface area (Å²) in [5.74, 6) is -3.70. The average molecular weight is 447 g/mol. The molecular formula is C16H18F5NO6S. The fourth-order valence-corrected chi connectivity index (χ4v) is 2.98. The Labute approximate surface area is 163 Å². The van der Waals surface area contributed by atoms with Gasteiger partial charge in [-0.3, -0.25) is 0 Å². The predicted molar refractivity (Wildman–Crippen MR) is 89.2 cm³/mol. The summed E-state index contributed by atoms with van der Waals surface area (Å²) < 4.78 is 102. The van der Waals surface area contributed by atoms with E-state index in [4.69, 9.17) is 0 Å². The van der Waals surface area contributed by atoms with E-state index in [1.165, 1.54) is 13.8 Å². The van der Waals surface area contributed by atoms with Gasteiger partial charge in [0.25, 0.3) is 0 Å². The maximum Gasteiger partial charge on any atom is 0.434 e. The van der Waals surface area contributed by atoms with E-state index in [-0.39, 0.29) is 6.26 Å². The second kappa shape index (κ2) is 8.20. The van der Waals surface area contributed by atoms with Crippen molar-refractivity contribution in [2.75, 3.05) is 20.5 Å². The molecule has 0 amide bonds. The summed E-state index contributed by atoms with van der Waals surface area (Å²) in [6, 6.07) is 0. The molecule has 0 unspecified atom stereocenters. The first kappa shape index (κ1) is 24.7. The van der Waals surface area contributed by atoms with Crippen LogP contribution in [-0.4, -0.2) is 45.8 Å². The largest absolute Gasteiger partial charge is 0.465 e. The molecular weight excluding hydrogens is 429 g/mol. The minimum absolute atomic E-state index is 0.0688. The van der Waals surface area contributed by atoms with E-state index >= 15 is 0 Å². The van der Waals surface area contributed by atoms with E-state index in [0.717, 1.165) is 14.2 Å². The summed E-state index contributed by atoms with van der Waals surface area (Å²) in [5, 5.41) is -4.98. The van der Waals surface area contributed by atoms with Gasteiger partial charge in [-0.15, -0.1) is 0 Å². The molecule has 0 atom stereocenters. The lowest BCUT2D eigenvalue weighted by Crippen LogP contribution is -2.33. The van der Waals surface area contributed by atoms with E-state index in [9.17, 15) is 40.0 Å². The number of hydrogen-bond donors (Lipinski definition) is 0. The molecule has 7 nitrogen and oxygen atoms in total. The molecule has 0 fully saturated rings. The highest BCUT2D eigenvalue weighted by Crippen LogP contribution is 2.41. The summed E-state index contributed by atoms with van der Waals surface area (Å²) in [4.78, 5) is 27.0. The van der Waals surface area contributed by atoms with Crippen LogP contribution >= 0.6 is 0 Å². The molecule has 1 aromatic heterocycles. The van der Waals surface area contributed by atoms with Gasteiger partial charge in [-0.1, -0.05) is 13.8 Å². The Hall–Kier alpha value is -2.31. The Bertz CT molecular complexity index is 925. The summed E-state index contributed by atoms with van der Waals surface area (Å²) in [6.45, 7) is 2.95. The summed E-state index contributed by atoms with van der Waals surface area (Å²) in [5.41, 5.74) is -7.35. The molecule has 0 saturated heterocycles. The lowest BCUT2D eigenvalue weighted by atomic mass is 9.91. The maximum atomic E-state index is 14.6. The van der Waals surface area contributed by atoms with Crippen molar-refractivity contribution >= 4 is 21.8 Å². The van der Waals surface area contributed by atoms with Gasteiger partial charge in [0.15, 0.2) is 5.69 Å². The number of halogens is 5. The Kier molecular flexibility index (Phi) is 7.00. The van der Waals surface area contributed by atoms with Crippen LogP contribution in [0.25, 0.3) is 0 Å². The van der Waals surface area contributed by atoms with Gasteiger partial charge in [0.1, 0.15) is 5.69 Å². The number of carbonyl (C=O) groups is 2. The molecule has 0 aliphatic rings. The van der Waals surface area contributed by atoms with Crippen LogP contribution in [0.1, 0.15) is 51.5 Å². The van der Waals surface area contributed by atoms with Crippen LogP contribution in [0.3, 0.4) is 0 Å². The second-order valence-electron chi connectivity index (χ2n) is 6.41. The molecule has 1 rings (SSSR count). The number of ether oxygens (including phenoxy) is 2.